The fraction of sp³-hybridized carbons (Fsp3) is 0.462. The highest BCUT2D eigenvalue weighted by Crippen LogP contribution is 2.54. The molecule has 7 heteroatoms. The first-order chi connectivity index (χ1) is 15.7. The van der Waals surface area contributed by atoms with Crippen molar-refractivity contribution in [1.82, 2.24) is 14.9 Å². The third kappa shape index (κ3) is 3.05. The summed E-state index contributed by atoms with van der Waals surface area (Å²) in [5, 5.41) is 11.7. The van der Waals surface area contributed by atoms with Gasteiger partial charge in [0.05, 0.1) is 35.5 Å². The zero-order valence-corrected chi connectivity index (χ0v) is 19.8. The second kappa shape index (κ2) is 7.47. The Balaban J connectivity index is 1.75. The molecule has 3 aliphatic rings. The van der Waals surface area contributed by atoms with Crippen LogP contribution >= 0.6 is 0 Å². The predicted molar refractivity (Wildman–Crippen MR) is 125 cm³/mol. The number of hydrogen-bond acceptors (Lipinski definition) is 5. The number of fused-ring (bicyclic) bond motifs is 1. The molecule has 0 saturated carbocycles. The molecule has 3 unspecified atom stereocenters. The van der Waals surface area contributed by atoms with Crippen molar-refractivity contribution in [1.29, 1.82) is 0 Å². The Hall–Kier alpha value is -3.09. The maximum atomic E-state index is 15.8. The number of azo groups is 1. The normalized spacial score (nSPS) is 28.0. The molecule has 1 aliphatic carbocycles. The lowest BCUT2D eigenvalue weighted by Gasteiger charge is -2.49. The molecular formula is C26H30FN5O. The Morgan fingerprint density at radius 2 is 2.09 bits per heavy atom. The van der Waals surface area contributed by atoms with Crippen molar-refractivity contribution in [3.05, 3.63) is 65.4 Å². The number of hydrogen-bond donors (Lipinski definition) is 1. The summed E-state index contributed by atoms with van der Waals surface area (Å²) in [4.78, 5) is 18.0. The van der Waals surface area contributed by atoms with Crippen molar-refractivity contribution in [2.75, 3.05) is 0 Å². The molecule has 0 saturated heterocycles. The summed E-state index contributed by atoms with van der Waals surface area (Å²) >= 11 is 0. The molecule has 0 bridgehead atoms. The minimum atomic E-state index is -1.28. The predicted octanol–water partition coefficient (Wildman–Crippen LogP) is 5.65. The van der Waals surface area contributed by atoms with Crippen molar-refractivity contribution < 1.29 is 9.18 Å². The maximum Gasteiger partial charge on any atom is 0.164 e. The molecule has 1 aromatic carbocycles. The Labute approximate surface area is 193 Å². The van der Waals surface area contributed by atoms with Crippen LogP contribution < -0.4 is 5.32 Å². The van der Waals surface area contributed by atoms with Crippen LogP contribution in [0.1, 0.15) is 59.1 Å². The Morgan fingerprint density at radius 3 is 2.82 bits per heavy atom. The van der Waals surface area contributed by atoms with Gasteiger partial charge in [-0.25, -0.2) is 9.37 Å². The molecule has 2 aromatic rings. The number of nitrogens with one attached hydrogen (secondary N) is 1. The number of rotatable bonds is 4. The fourth-order valence-corrected chi connectivity index (χ4v) is 5.69. The fourth-order valence-electron chi connectivity index (χ4n) is 5.69. The monoisotopic (exact) mass is 447 g/mol. The smallest absolute Gasteiger partial charge is 0.164 e. The van der Waals surface area contributed by atoms with Gasteiger partial charge in [0, 0.05) is 34.6 Å². The zero-order chi connectivity index (χ0) is 23.5. The van der Waals surface area contributed by atoms with E-state index >= 15 is 4.39 Å². The molecule has 0 spiro atoms. The van der Waals surface area contributed by atoms with E-state index in [2.05, 4.69) is 58.0 Å². The number of aromatic nitrogens is 2. The summed E-state index contributed by atoms with van der Waals surface area (Å²) in [6, 6.07) is 8.47. The van der Waals surface area contributed by atoms with Crippen molar-refractivity contribution in [2.24, 2.45) is 15.6 Å². The summed E-state index contributed by atoms with van der Waals surface area (Å²) in [5.41, 5.74) is 3.22. The van der Waals surface area contributed by atoms with E-state index in [0.29, 0.717) is 17.7 Å². The zero-order valence-electron chi connectivity index (χ0n) is 19.8. The summed E-state index contributed by atoms with van der Waals surface area (Å²) in [6.07, 6.45) is 4.47. The van der Waals surface area contributed by atoms with Crippen LogP contribution in [-0.4, -0.2) is 27.7 Å². The van der Waals surface area contributed by atoms with Gasteiger partial charge in [0.2, 0.25) is 0 Å². The average molecular weight is 448 g/mol. The van der Waals surface area contributed by atoms with Crippen LogP contribution in [0.15, 0.2) is 70.1 Å². The summed E-state index contributed by atoms with van der Waals surface area (Å²) in [5.74, 6) is -0.0119. The van der Waals surface area contributed by atoms with Gasteiger partial charge in [-0.15, -0.1) is 0 Å². The first-order valence-corrected chi connectivity index (χ1v) is 11.6. The molecule has 0 fully saturated rings. The van der Waals surface area contributed by atoms with Gasteiger partial charge >= 0.3 is 0 Å². The van der Waals surface area contributed by atoms with Crippen molar-refractivity contribution in [3.8, 4) is 11.3 Å². The first kappa shape index (κ1) is 21.7. The highest BCUT2D eigenvalue weighted by molar-refractivity contribution is 6.02. The Morgan fingerprint density at radius 1 is 1.30 bits per heavy atom. The molecule has 172 valence electrons. The molecule has 2 aliphatic heterocycles. The van der Waals surface area contributed by atoms with Crippen LogP contribution in [0.3, 0.4) is 0 Å². The number of ketones is 1. The third-order valence-electron chi connectivity index (χ3n) is 7.39. The van der Waals surface area contributed by atoms with Gasteiger partial charge in [-0.05, 0) is 31.9 Å². The molecule has 6 nitrogen and oxygen atoms in total. The number of allylic oxidation sites excluding steroid dienone is 2. The standard InChI is InChI=1S/C26H30FN5O/c1-6-26(17-9-7-8-16(10-17)19-13-28-14-32(19)15(2)3)18-12-29-31-24(18)30-22-21(26)20(33)11-25(4,5)23(22)27/h7-10,12-15,23-24,30H,6,11H2,1-5H3. The summed E-state index contributed by atoms with van der Waals surface area (Å²) in [6.45, 7) is 9.91. The third-order valence-corrected chi connectivity index (χ3v) is 7.39. The number of carbonyl (C=O) groups excluding carboxylic acids is 1. The van der Waals surface area contributed by atoms with Crippen LogP contribution in [0.5, 0.6) is 0 Å². The second-order valence-electron chi connectivity index (χ2n) is 10.2. The Bertz CT molecular complexity index is 1220. The van der Waals surface area contributed by atoms with Gasteiger partial charge in [0.25, 0.3) is 0 Å². The van der Waals surface area contributed by atoms with Gasteiger partial charge in [0.1, 0.15) is 6.17 Å². The van der Waals surface area contributed by atoms with Crippen molar-refractivity contribution in [2.45, 2.75) is 71.3 Å². The molecule has 0 radical (unpaired) electrons. The van der Waals surface area contributed by atoms with Crippen LogP contribution in [0.25, 0.3) is 11.3 Å². The second-order valence-corrected chi connectivity index (χ2v) is 10.2. The van der Waals surface area contributed by atoms with E-state index in [1.807, 2.05) is 38.5 Å². The first-order valence-electron chi connectivity index (χ1n) is 11.6. The SMILES string of the molecule is CCC1(c2cccc(-c3cncn3C(C)C)c2)C2=CN=NC2NC2=C1C(=O)CC(C)(C)C2F. The van der Waals surface area contributed by atoms with Crippen LogP contribution in [0.2, 0.25) is 0 Å². The highest BCUT2D eigenvalue weighted by atomic mass is 19.1. The quantitative estimate of drug-likeness (QED) is 0.658. The number of benzene rings is 1. The minimum absolute atomic E-state index is 0.0119. The van der Waals surface area contributed by atoms with Crippen molar-refractivity contribution in [3.63, 3.8) is 0 Å². The van der Waals surface area contributed by atoms with Gasteiger partial charge in [-0.2, -0.15) is 10.2 Å². The van der Waals surface area contributed by atoms with E-state index in [9.17, 15) is 4.79 Å². The number of halogens is 1. The van der Waals surface area contributed by atoms with E-state index in [-0.39, 0.29) is 18.2 Å². The summed E-state index contributed by atoms with van der Waals surface area (Å²) < 4.78 is 17.9. The van der Waals surface area contributed by atoms with Gasteiger partial charge in [0.15, 0.2) is 11.9 Å². The molecule has 1 N–H and O–H groups in total. The Kier molecular flexibility index (Phi) is 4.92. The minimum Gasteiger partial charge on any atom is -0.359 e. The van der Waals surface area contributed by atoms with E-state index in [1.54, 1.807) is 6.20 Å². The van der Waals surface area contributed by atoms with E-state index in [1.165, 1.54) is 0 Å². The molecule has 0 amide bonds. The maximum absolute atomic E-state index is 15.8. The topological polar surface area (TPSA) is 71.6 Å². The lowest BCUT2D eigenvalue weighted by molar-refractivity contribution is -0.120. The average Bonchev–Trinajstić information content (AvgIpc) is 3.46. The molecule has 1 aromatic heterocycles. The van der Waals surface area contributed by atoms with E-state index in [0.717, 1.165) is 22.4 Å². The molecule has 33 heavy (non-hydrogen) atoms. The van der Waals surface area contributed by atoms with Crippen molar-refractivity contribution >= 4 is 5.78 Å². The number of carbonyl (C=O) groups is 1. The lowest BCUT2D eigenvalue weighted by atomic mass is 9.58. The van der Waals surface area contributed by atoms with Gasteiger partial charge < -0.3 is 9.88 Å². The van der Waals surface area contributed by atoms with Crippen LogP contribution in [-0.2, 0) is 10.2 Å². The van der Waals surface area contributed by atoms with Crippen LogP contribution in [0, 0.1) is 5.41 Å². The van der Waals surface area contributed by atoms with Crippen LogP contribution in [0.4, 0.5) is 4.39 Å². The molecule has 5 rings (SSSR count). The summed E-state index contributed by atoms with van der Waals surface area (Å²) in [7, 11) is 0. The van der Waals surface area contributed by atoms with Gasteiger partial charge in [-0.1, -0.05) is 39.0 Å². The lowest BCUT2D eigenvalue weighted by Crippen LogP contribution is -2.55. The molecular weight excluding hydrogens is 417 g/mol. The highest BCUT2D eigenvalue weighted by Gasteiger charge is 2.56. The number of alkyl halides is 1. The number of Topliss-reactive ketones (excluding diaryl/α,β-unsaturated/α-hetero) is 1. The van der Waals surface area contributed by atoms with Gasteiger partial charge in [-0.3, -0.25) is 4.79 Å². The molecule has 3 heterocycles. The number of imidazole rings is 1. The number of nitrogens with zero attached hydrogens (tertiary/aromatic N) is 4. The van der Waals surface area contributed by atoms with E-state index < -0.39 is 23.2 Å². The largest absolute Gasteiger partial charge is 0.359 e. The molecule has 3 atom stereocenters. The van der Waals surface area contributed by atoms with E-state index in [4.69, 9.17) is 0 Å².